The number of hydrogen-bond acceptors (Lipinski definition) is 3. The van der Waals surface area contributed by atoms with Crippen molar-refractivity contribution in [3.05, 3.63) is 143 Å². The van der Waals surface area contributed by atoms with E-state index in [0.29, 0.717) is 23.3 Å². The van der Waals surface area contributed by atoms with E-state index >= 15 is 0 Å². The fraction of sp³-hybridized carbons (Fsp3) is 0.306. The van der Waals surface area contributed by atoms with Gasteiger partial charge >= 0.3 is 21.1 Å². The molecule has 4 aromatic carbocycles. The summed E-state index contributed by atoms with van der Waals surface area (Å²) in [6, 6.07) is 38.7. The van der Waals surface area contributed by atoms with Crippen molar-refractivity contribution in [3.8, 4) is 34.1 Å². The number of ether oxygens (including phenoxy) is 1. The molecule has 8 rings (SSSR count). The van der Waals surface area contributed by atoms with Gasteiger partial charge in [-0.1, -0.05) is 121 Å². The molecule has 0 N–H and O–H groups in total. The van der Waals surface area contributed by atoms with Crippen LogP contribution < -0.4 is 4.74 Å². The Morgan fingerprint density at radius 1 is 0.764 bits per heavy atom. The third-order valence-electron chi connectivity index (χ3n) is 10.9. The summed E-state index contributed by atoms with van der Waals surface area (Å²) in [4.78, 5) is 4.86. The Morgan fingerprint density at radius 2 is 1.51 bits per heavy atom. The average molecular weight is 906 g/mol. The van der Waals surface area contributed by atoms with Crippen LogP contribution in [0, 0.1) is 25.0 Å². The Morgan fingerprint density at radius 3 is 2.24 bits per heavy atom. The molecular formula is C49H50N4OPt. The second-order valence-corrected chi connectivity index (χ2v) is 17.2. The fourth-order valence-electron chi connectivity index (χ4n) is 8.48. The van der Waals surface area contributed by atoms with E-state index in [2.05, 4.69) is 163 Å². The first-order valence-electron chi connectivity index (χ1n) is 19.3. The van der Waals surface area contributed by atoms with Crippen LogP contribution in [0.2, 0.25) is 0 Å². The number of hydrogen-bond donors (Lipinski definition) is 0. The quantitative estimate of drug-likeness (QED) is 0.123. The predicted molar refractivity (Wildman–Crippen MR) is 222 cm³/mol. The molecule has 282 valence electrons. The van der Waals surface area contributed by atoms with Gasteiger partial charge in [-0.15, -0.1) is 35.7 Å². The van der Waals surface area contributed by atoms with Crippen molar-refractivity contribution in [3.63, 3.8) is 0 Å². The molecule has 0 aliphatic heterocycles. The van der Waals surface area contributed by atoms with Crippen LogP contribution in [0.1, 0.15) is 96.7 Å². The molecule has 3 aromatic heterocycles. The Labute approximate surface area is 340 Å². The first-order valence-corrected chi connectivity index (χ1v) is 19.3. The van der Waals surface area contributed by atoms with Gasteiger partial charge in [-0.2, -0.15) is 16.7 Å². The maximum absolute atomic E-state index is 6.69. The van der Waals surface area contributed by atoms with Crippen molar-refractivity contribution in [2.45, 2.75) is 91.9 Å². The molecule has 0 saturated carbocycles. The van der Waals surface area contributed by atoms with Gasteiger partial charge in [0.25, 0.3) is 0 Å². The van der Waals surface area contributed by atoms with Gasteiger partial charge in [0.2, 0.25) is 0 Å². The molecule has 0 fully saturated rings. The number of benzene rings is 4. The molecule has 6 heteroatoms. The average Bonchev–Trinajstić information content (AvgIpc) is 3.69. The number of fused-ring (bicyclic) bond motifs is 3. The van der Waals surface area contributed by atoms with Gasteiger partial charge in [-0.25, -0.2) is 4.98 Å². The second-order valence-electron chi connectivity index (χ2n) is 17.2. The predicted octanol–water partition coefficient (Wildman–Crippen LogP) is 12.8. The van der Waals surface area contributed by atoms with Gasteiger partial charge in [0, 0.05) is 45.5 Å². The molecule has 1 unspecified atom stereocenters. The number of para-hydroxylation sites is 1. The summed E-state index contributed by atoms with van der Waals surface area (Å²) in [5, 5.41) is 7.71. The SMILES string of the molecule is CC1=CCC[C@H](C)C1c1c(C(C)(C)C)nn(-c2[c-]c(Oc3[c-]c4c(cc3)c3ccccc3n4-c3cc(-c4ccccc4)ccn3)cc(C)c2)c1C(C)(C)C.[Pt+2]. The number of rotatable bonds is 6. The van der Waals surface area contributed by atoms with E-state index in [1.54, 1.807) is 0 Å². The molecule has 3 heterocycles. The summed E-state index contributed by atoms with van der Waals surface area (Å²) in [5.41, 5.74) is 11.1. The van der Waals surface area contributed by atoms with Gasteiger partial charge in [0.05, 0.1) is 11.4 Å². The minimum Gasteiger partial charge on any atom is -0.509 e. The molecule has 0 bridgehead atoms. The van der Waals surface area contributed by atoms with E-state index < -0.39 is 0 Å². The summed E-state index contributed by atoms with van der Waals surface area (Å²) in [7, 11) is 0. The van der Waals surface area contributed by atoms with Gasteiger partial charge in [0.1, 0.15) is 5.82 Å². The van der Waals surface area contributed by atoms with Crippen molar-refractivity contribution in [2.75, 3.05) is 0 Å². The zero-order valence-corrected chi connectivity index (χ0v) is 35.7. The summed E-state index contributed by atoms with van der Waals surface area (Å²) < 4.78 is 11.0. The van der Waals surface area contributed by atoms with Crippen molar-refractivity contribution in [1.82, 2.24) is 19.3 Å². The third-order valence-corrected chi connectivity index (χ3v) is 10.9. The first kappa shape index (κ1) is 38.5. The van der Waals surface area contributed by atoms with Crippen LogP contribution in [-0.4, -0.2) is 19.3 Å². The van der Waals surface area contributed by atoms with E-state index in [1.807, 2.05) is 24.4 Å². The topological polar surface area (TPSA) is 44.9 Å². The maximum Gasteiger partial charge on any atom is 2.00 e. The van der Waals surface area contributed by atoms with Crippen LogP contribution in [-0.2, 0) is 31.9 Å². The first-order chi connectivity index (χ1) is 25.8. The number of nitrogens with zero attached hydrogens (tertiary/aromatic N) is 4. The molecule has 0 saturated heterocycles. The smallest absolute Gasteiger partial charge is 0.509 e. The normalized spacial score (nSPS) is 16.3. The Hall–Kier alpha value is -4.73. The van der Waals surface area contributed by atoms with Gasteiger partial charge < -0.3 is 9.30 Å². The Balaban J connectivity index is 0.00000465. The molecular weight excluding hydrogens is 856 g/mol. The molecule has 1 aliphatic carbocycles. The minimum atomic E-state index is -0.167. The summed E-state index contributed by atoms with van der Waals surface area (Å²) in [5.74, 6) is 2.93. The minimum absolute atomic E-state index is 0. The van der Waals surface area contributed by atoms with E-state index in [0.717, 1.165) is 62.1 Å². The van der Waals surface area contributed by atoms with E-state index in [4.69, 9.17) is 14.8 Å². The molecule has 55 heavy (non-hydrogen) atoms. The molecule has 5 nitrogen and oxygen atoms in total. The monoisotopic (exact) mass is 905 g/mol. The third kappa shape index (κ3) is 7.24. The summed E-state index contributed by atoms with van der Waals surface area (Å²) in [6.45, 7) is 20.6. The van der Waals surface area contributed by atoms with Gasteiger partial charge in [-0.3, -0.25) is 4.68 Å². The van der Waals surface area contributed by atoms with Crippen LogP contribution in [0.5, 0.6) is 11.5 Å². The summed E-state index contributed by atoms with van der Waals surface area (Å²) in [6.07, 6.45) is 6.64. The van der Waals surface area contributed by atoms with Crippen LogP contribution in [0.15, 0.2) is 109 Å². The standard InChI is InChI=1S/C49H50N4O.Pt/c1-31-26-36(53-47(49(7,8)9)45(46(51-53)48(4,5)6)44-32(2)16-15-17-33(44)3)29-38(27-31)54-37-22-23-40-39-20-13-14-21-41(39)52(42(40)30-37)43-28-35(24-25-50-43)34-18-11-10-12-19-34;/h10-14,16,18-28,33,44H,15,17H2,1-9H3;/q-2;+2/t33-,44?;/m0./s1. The molecule has 0 radical (unpaired) electrons. The molecule has 2 atom stereocenters. The molecule has 0 amide bonds. The van der Waals surface area contributed by atoms with Crippen molar-refractivity contribution in [1.29, 1.82) is 0 Å². The van der Waals surface area contributed by atoms with E-state index in [-0.39, 0.29) is 31.9 Å². The number of pyridine rings is 1. The van der Waals surface area contributed by atoms with Gasteiger partial charge in [0.15, 0.2) is 0 Å². The Bertz CT molecular complexity index is 2540. The molecule has 0 spiro atoms. The zero-order chi connectivity index (χ0) is 37.9. The van der Waals surface area contributed by atoms with Crippen LogP contribution in [0.3, 0.4) is 0 Å². The fourth-order valence-corrected chi connectivity index (χ4v) is 8.48. The van der Waals surface area contributed by atoms with Crippen LogP contribution in [0.4, 0.5) is 0 Å². The van der Waals surface area contributed by atoms with Crippen LogP contribution in [0.25, 0.3) is 44.4 Å². The van der Waals surface area contributed by atoms with Crippen LogP contribution >= 0.6 is 0 Å². The van der Waals surface area contributed by atoms with Gasteiger partial charge in [-0.05, 0) is 66.1 Å². The van der Waals surface area contributed by atoms with Crippen molar-refractivity contribution < 1.29 is 25.8 Å². The van der Waals surface area contributed by atoms with Crippen molar-refractivity contribution >= 4 is 21.8 Å². The maximum atomic E-state index is 6.69. The molecule has 1 aliphatic rings. The zero-order valence-electron chi connectivity index (χ0n) is 33.4. The largest absolute Gasteiger partial charge is 2.00 e. The number of aryl methyl sites for hydroxylation is 1. The number of aromatic nitrogens is 4. The summed E-state index contributed by atoms with van der Waals surface area (Å²) >= 11 is 0. The molecule has 7 aromatic rings. The van der Waals surface area contributed by atoms with Crippen molar-refractivity contribution in [2.24, 2.45) is 5.92 Å². The van der Waals surface area contributed by atoms with E-state index in [9.17, 15) is 0 Å². The Kier molecular flexibility index (Phi) is 10.3. The number of allylic oxidation sites excluding steroid dienone is 2. The second kappa shape index (κ2) is 14.7. The van der Waals surface area contributed by atoms with E-state index in [1.165, 1.54) is 23.3 Å².